The van der Waals surface area contributed by atoms with E-state index in [0.29, 0.717) is 0 Å². The van der Waals surface area contributed by atoms with Crippen molar-refractivity contribution in [3.8, 4) is 0 Å². The Morgan fingerprint density at radius 2 is 2.38 bits per heavy atom. The first kappa shape index (κ1) is 10.7. The monoisotopic (exact) mass is 236 g/mol. The zero-order chi connectivity index (χ0) is 11.0. The highest BCUT2D eigenvalue weighted by atomic mass is 32.1. The van der Waals surface area contributed by atoms with Gasteiger partial charge in [0.2, 0.25) is 0 Å². The number of fused-ring (bicyclic) bond motifs is 1. The van der Waals surface area contributed by atoms with Gasteiger partial charge in [-0.15, -0.1) is 11.3 Å². The Hall–Kier alpha value is -0.410. The molecular formula is C13H20N2S. The summed E-state index contributed by atoms with van der Waals surface area (Å²) >= 11 is 1.97. The average molecular weight is 236 g/mol. The first-order chi connectivity index (χ1) is 7.86. The van der Waals surface area contributed by atoms with E-state index in [1.54, 1.807) is 0 Å². The Morgan fingerprint density at radius 1 is 1.44 bits per heavy atom. The number of thiazole rings is 1. The van der Waals surface area contributed by atoms with Crippen LogP contribution in [-0.2, 0) is 13.0 Å². The van der Waals surface area contributed by atoms with Crippen molar-refractivity contribution >= 4 is 11.3 Å². The first-order valence-corrected chi connectivity index (χ1v) is 7.37. The molecule has 3 heteroatoms. The molecule has 3 rings (SSSR count). The molecule has 2 nitrogen and oxygen atoms in total. The van der Waals surface area contributed by atoms with E-state index < -0.39 is 0 Å². The molecule has 2 heterocycles. The summed E-state index contributed by atoms with van der Waals surface area (Å²) in [6, 6.07) is 0. The predicted molar refractivity (Wildman–Crippen MR) is 67.9 cm³/mol. The normalized spacial score (nSPS) is 29.3. The highest BCUT2D eigenvalue weighted by Crippen LogP contribution is 2.41. The van der Waals surface area contributed by atoms with E-state index in [1.165, 1.54) is 41.3 Å². The zero-order valence-electron chi connectivity index (χ0n) is 9.96. The van der Waals surface area contributed by atoms with Crippen molar-refractivity contribution in [1.29, 1.82) is 0 Å². The number of aromatic nitrogens is 1. The van der Waals surface area contributed by atoms with Crippen LogP contribution in [0.5, 0.6) is 0 Å². The SMILES string of the molecule is CCC1CCC(c2nc3c(s2)CNCC3)C1. The molecule has 1 N–H and O–H groups in total. The lowest BCUT2D eigenvalue weighted by Gasteiger charge is -2.09. The third-order valence-electron chi connectivity index (χ3n) is 4.09. The third kappa shape index (κ3) is 1.91. The number of nitrogens with zero attached hydrogens (tertiary/aromatic N) is 1. The lowest BCUT2D eigenvalue weighted by Crippen LogP contribution is -2.22. The second-order valence-corrected chi connectivity index (χ2v) is 6.25. The number of rotatable bonds is 2. The molecular weight excluding hydrogens is 216 g/mol. The number of nitrogens with one attached hydrogen (secondary N) is 1. The van der Waals surface area contributed by atoms with Gasteiger partial charge in [-0.1, -0.05) is 13.3 Å². The Balaban J connectivity index is 1.77. The minimum atomic E-state index is 0.778. The largest absolute Gasteiger partial charge is 0.311 e. The van der Waals surface area contributed by atoms with Crippen LogP contribution in [0.25, 0.3) is 0 Å². The topological polar surface area (TPSA) is 24.9 Å². The molecule has 0 aromatic carbocycles. The van der Waals surface area contributed by atoms with Crippen LogP contribution in [0.1, 0.15) is 54.1 Å². The summed E-state index contributed by atoms with van der Waals surface area (Å²) < 4.78 is 0. The fourth-order valence-electron chi connectivity index (χ4n) is 2.99. The molecule has 1 fully saturated rings. The summed E-state index contributed by atoms with van der Waals surface area (Å²) in [7, 11) is 0. The minimum absolute atomic E-state index is 0.778. The second kappa shape index (κ2) is 4.46. The lowest BCUT2D eigenvalue weighted by molar-refractivity contribution is 0.520. The Kier molecular flexibility index (Phi) is 2.99. The first-order valence-electron chi connectivity index (χ1n) is 6.56. The van der Waals surface area contributed by atoms with Crippen LogP contribution < -0.4 is 5.32 Å². The van der Waals surface area contributed by atoms with Gasteiger partial charge in [0.25, 0.3) is 0 Å². The molecule has 16 heavy (non-hydrogen) atoms. The van der Waals surface area contributed by atoms with Gasteiger partial charge < -0.3 is 5.32 Å². The number of hydrogen-bond donors (Lipinski definition) is 1. The van der Waals surface area contributed by atoms with Crippen LogP contribution in [0, 0.1) is 5.92 Å². The molecule has 2 unspecified atom stereocenters. The number of hydrogen-bond acceptors (Lipinski definition) is 3. The fraction of sp³-hybridized carbons (Fsp3) is 0.769. The molecule has 1 aromatic rings. The molecule has 0 radical (unpaired) electrons. The van der Waals surface area contributed by atoms with E-state index in [1.807, 2.05) is 11.3 Å². The van der Waals surface area contributed by atoms with Crippen molar-refractivity contribution < 1.29 is 0 Å². The molecule has 1 aromatic heterocycles. The maximum Gasteiger partial charge on any atom is 0.0962 e. The summed E-state index contributed by atoms with van der Waals surface area (Å²) in [4.78, 5) is 6.38. The van der Waals surface area contributed by atoms with E-state index in [0.717, 1.165) is 31.3 Å². The van der Waals surface area contributed by atoms with Crippen molar-refractivity contribution in [2.75, 3.05) is 6.54 Å². The molecule has 2 atom stereocenters. The summed E-state index contributed by atoms with van der Waals surface area (Å²) in [5, 5.41) is 4.87. The summed E-state index contributed by atoms with van der Waals surface area (Å²) in [6.07, 6.45) is 6.66. The second-order valence-electron chi connectivity index (χ2n) is 5.13. The van der Waals surface area contributed by atoms with Crippen LogP contribution >= 0.6 is 11.3 Å². The molecule has 0 saturated heterocycles. The summed E-state index contributed by atoms with van der Waals surface area (Å²) in [5.74, 6) is 1.74. The molecule has 0 amide bonds. The third-order valence-corrected chi connectivity index (χ3v) is 5.35. The van der Waals surface area contributed by atoms with Gasteiger partial charge in [-0.2, -0.15) is 0 Å². The minimum Gasteiger partial charge on any atom is -0.311 e. The van der Waals surface area contributed by atoms with Gasteiger partial charge in [0.05, 0.1) is 10.7 Å². The van der Waals surface area contributed by atoms with Crippen molar-refractivity contribution in [3.63, 3.8) is 0 Å². The van der Waals surface area contributed by atoms with Gasteiger partial charge in [-0.25, -0.2) is 4.98 Å². The predicted octanol–water partition coefficient (Wildman–Crippen LogP) is 3.08. The lowest BCUT2D eigenvalue weighted by atomic mass is 10.0. The van der Waals surface area contributed by atoms with Crippen LogP contribution in [0.15, 0.2) is 0 Å². The summed E-state index contributed by atoms with van der Waals surface area (Å²) in [5.41, 5.74) is 1.39. The van der Waals surface area contributed by atoms with Crippen LogP contribution in [-0.4, -0.2) is 11.5 Å². The highest BCUT2D eigenvalue weighted by molar-refractivity contribution is 7.11. The zero-order valence-corrected chi connectivity index (χ0v) is 10.8. The maximum absolute atomic E-state index is 4.88. The van der Waals surface area contributed by atoms with Gasteiger partial charge in [-0.3, -0.25) is 0 Å². The van der Waals surface area contributed by atoms with Crippen molar-refractivity contribution in [2.45, 2.75) is 51.5 Å². The van der Waals surface area contributed by atoms with Gasteiger partial charge in [0.1, 0.15) is 0 Å². The molecule has 1 aliphatic carbocycles. The van der Waals surface area contributed by atoms with Gasteiger partial charge in [-0.05, 0) is 25.2 Å². The van der Waals surface area contributed by atoms with Crippen molar-refractivity contribution in [2.24, 2.45) is 5.92 Å². The average Bonchev–Trinajstić information content (AvgIpc) is 2.95. The van der Waals surface area contributed by atoms with Gasteiger partial charge in [0, 0.05) is 30.3 Å². The molecule has 88 valence electrons. The Morgan fingerprint density at radius 3 is 3.12 bits per heavy atom. The van der Waals surface area contributed by atoms with E-state index >= 15 is 0 Å². The van der Waals surface area contributed by atoms with Gasteiger partial charge in [0.15, 0.2) is 0 Å². The van der Waals surface area contributed by atoms with Crippen molar-refractivity contribution in [1.82, 2.24) is 10.3 Å². The molecule has 2 aliphatic rings. The maximum atomic E-state index is 4.88. The Labute approximate surface area is 101 Å². The standard InChI is InChI=1S/C13H20N2S/c1-2-9-3-4-10(7-9)13-15-11-5-6-14-8-12(11)16-13/h9-10,14H,2-8H2,1H3. The van der Waals surface area contributed by atoms with Crippen LogP contribution in [0.3, 0.4) is 0 Å². The van der Waals surface area contributed by atoms with E-state index in [2.05, 4.69) is 12.2 Å². The quantitative estimate of drug-likeness (QED) is 0.853. The molecule has 0 bridgehead atoms. The van der Waals surface area contributed by atoms with E-state index in [-0.39, 0.29) is 0 Å². The van der Waals surface area contributed by atoms with E-state index in [4.69, 9.17) is 4.98 Å². The summed E-state index contributed by atoms with van der Waals surface area (Å²) in [6.45, 7) is 4.49. The van der Waals surface area contributed by atoms with Crippen LogP contribution in [0.2, 0.25) is 0 Å². The molecule has 0 spiro atoms. The highest BCUT2D eigenvalue weighted by Gasteiger charge is 2.28. The van der Waals surface area contributed by atoms with Gasteiger partial charge >= 0.3 is 0 Å². The smallest absolute Gasteiger partial charge is 0.0962 e. The fourth-order valence-corrected chi connectivity index (χ4v) is 4.22. The molecule has 1 aliphatic heterocycles. The Bertz CT molecular complexity index is 349. The molecule has 1 saturated carbocycles. The van der Waals surface area contributed by atoms with Crippen molar-refractivity contribution in [3.05, 3.63) is 15.6 Å². The van der Waals surface area contributed by atoms with Crippen LogP contribution in [0.4, 0.5) is 0 Å². The van der Waals surface area contributed by atoms with E-state index in [9.17, 15) is 0 Å².